The zero-order valence-corrected chi connectivity index (χ0v) is 16.3. The Balaban J connectivity index is 1.70. The lowest BCUT2D eigenvalue weighted by Crippen LogP contribution is -2.40. The molecule has 1 heterocycles. The van der Waals surface area contributed by atoms with Gasteiger partial charge in [0.25, 0.3) is 5.91 Å². The van der Waals surface area contributed by atoms with E-state index < -0.39 is 0 Å². The number of nitrogens with one attached hydrogen (secondary N) is 1. The number of hydrogen-bond acceptors (Lipinski definition) is 4. The molecule has 0 aliphatic carbocycles. The van der Waals surface area contributed by atoms with E-state index >= 15 is 0 Å². The fourth-order valence-corrected chi connectivity index (χ4v) is 2.93. The Morgan fingerprint density at radius 3 is 2.45 bits per heavy atom. The van der Waals surface area contributed by atoms with Crippen LogP contribution in [0.25, 0.3) is 11.3 Å². The van der Waals surface area contributed by atoms with Gasteiger partial charge in [-0.25, -0.2) is 4.39 Å². The number of carbonyl (C=O) groups excluding carboxylic acids is 2. The van der Waals surface area contributed by atoms with Gasteiger partial charge in [0.1, 0.15) is 22.8 Å². The molecule has 0 spiro atoms. The molecule has 150 valence electrons. The van der Waals surface area contributed by atoms with Crippen LogP contribution in [-0.2, 0) is 11.3 Å². The standard InChI is InChI=1S/C22H22FN3O3/c1-3-26(14-19(27)24-13-16-9-11-18(23)12-10-16)22(28)20-15(2)29-25-21(20)17-7-5-4-6-8-17/h4-12H,3,13-14H2,1-2H3,(H,24,27). The minimum atomic E-state index is -0.332. The quantitative estimate of drug-likeness (QED) is 0.664. The molecule has 7 heteroatoms. The van der Waals surface area contributed by atoms with Crippen molar-refractivity contribution in [2.75, 3.05) is 13.1 Å². The third-order valence-corrected chi connectivity index (χ3v) is 4.53. The van der Waals surface area contributed by atoms with Gasteiger partial charge in [-0.05, 0) is 31.5 Å². The molecule has 3 aromatic rings. The van der Waals surface area contributed by atoms with Crippen LogP contribution in [0, 0.1) is 12.7 Å². The molecule has 2 aromatic carbocycles. The summed E-state index contributed by atoms with van der Waals surface area (Å²) >= 11 is 0. The Morgan fingerprint density at radius 2 is 1.79 bits per heavy atom. The largest absolute Gasteiger partial charge is 0.360 e. The lowest BCUT2D eigenvalue weighted by Gasteiger charge is -2.20. The zero-order chi connectivity index (χ0) is 20.8. The van der Waals surface area contributed by atoms with Crippen LogP contribution < -0.4 is 5.32 Å². The number of hydrogen-bond donors (Lipinski definition) is 1. The van der Waals surface area contributed by atoms with Crippen molar-refractivity contribution >= 4 is 11.8 Å². The Morgan fingerprint density at radius 1 is 1.10 bits per heavy atom. The van der Waals surface area contributed by atoms with Crippen molar-refractivity contribution in [2.24, 2.45) is 0 Å². The van der Waals surface area contributed by atoms with Gasteiger partial charge in [-0.1, -0.05) is 47.6 Å². The number of aromatic nitrogens is 1. The second-order valence-electron chi connectivity index (χ2n) is 6.55. The molecule has 6 nitrogen and oxygen atoms in total. The fraction of sp³-hybridized carbons (Fsp3) is 0.227. The molecule has 1 aromatic heterocycles. The first-order chi connectivity index (χ1) is 14.0. The molecule has 3 rings (SSSR count). The molecular formula is C22H22FN3O3. The maximum Gasteiger partial charge on any atom is 0.260 e. The molecule has 0 aliphatic heterocycles. The van der Waals surface area contributed by atoms with Crippen molar-refractivity contribution in [3.05, 3.63) is 77.3 Å². The molecule has 0 unspecified atom stereocenters. The van der Waals surface area contributed by atoms with Gasteiger partial charge in [0.05, 0.1) is 6.54 Å². The SMILES string of the molecule is CCN(CC(=O)NCc1ccc(F)cc1)C(=O)c1c(-c2ccccc2)noc1C. The predicted octanol–water partition coefficient (Wildman–Crippen LogP) is 3.57. The van der Waals surface area contributed by atoms with E-state index in [4.69, 9.17) is 4.52 Å². The summed E-state index contributed by atoms with van der Waals surface area (Å²) in [6, 6.07) is 15.2. The average molecular weight is 395 g/mol. The minimum absolute atomic E-state index is 0.102. The number of nitrogens with zero attached hydrogens (tertiary/aromatic N) is 2. The summed E-state index contributed by atoms with van der Waals surface area (Å²) in [4.78, 5) is 26.9. The van der Waals surface area contributed by atoms with Crippen LogP contribution in [0.1, 0.15) is 28.6 Å². The van der Waals surface area contributed by atoms with Gasteiger partial charge in [-0.3, -0.25) is 9.59 Å². The number of rotatable bonds is 7. The first kappa shape index (κ1) is 20.3. The summed E-state index contributed by atoms with van der Waals surface area (Å²) in [7, 11) is 0. The average Bonchev–Trinajstić information content (AvgIpc) is 3.13. The van der Waals surface area contributed by atoms with E-state index in [1.165, 1.54) is 17.0 Å². The Hall–Kier alpha value is -3.48. The van der Waals surface area contributed by atoms with E-state index in [-0.39, 0.29) is 30.7 Å². The van der Waals surface area contributed by atoms with Crippen LogP contribution in [-0.4, -0.2) is 35.0 Å². The lowest BCUT2D eigenvalue weighted by molar-refractivity contribution is -0.121. The van der Waals surface area contributed by atoms with Crippen molar-refractivity contribution in [2.45, 2.75) is 20.4 Å². The van der Waals surface area contributed by atoms with Crippen molar-refractivity contribution in [1.82, 2.24) is 15.4 Å². The number of likely N-dealkylation sites (N-methyl/N-ethyl adjacent to an activating group) is 1. The predicted molar refractivity (Wildman–Crippen MR) is 107 cm³/mol. The number of halogens is 1. The molecule has 0 radical (unpaired) electrons. The maximum absolute atomic E-state index is 13.1. The molecule has 0 fully saturated rings. The molecule has 0 atom stereocenters. The second-order valence-corrected chi connectivity index (χ2v) is 6.55. The highest BCUT2D eigenvalue weighted by molar-refractivity contribution is 6.02. The van der Waals surface area contributed by atoms with Gasteiger partial charge in [-0.2, -0.15) is 0 Å². The van der Waals surface area contributed by atoms with Crippen molar-refractivity contribution in [1.29, 1.82) is 0 Å². The summed E-state index contributed by atoms with van der Waals surface area (Å²) in [5, 5.41) is 6.78. The summed E-state index contributed by atoms with van der Waals surface area (Å²) in [5.41, 5.74) is 2.35. The Bertz CT molecular complexity index is 984. The van der Waals surface area contributed by atoms with Gasteiger partial charge in [0, 0.05) is 18.7 Å². The van der Waals surface area contributed by atoms with E-state index in [2.05, 4.69) is 10.5 Å². The second kappa shape index (κ2) is 9.14. The highest BCUT2D eigenvalue weighted by Crippen LogP contribution is 2.26. The molecule has 0 saturated carbocycles. The van der Waals surface area contributed by atoms with Gasteiger partial charge in [-0.15, -0.1) is 0 Å². The highest BCUT2D eigenvalue weighted by atomic mass is 19.1. The number of benzene rings is 2. The summed E-state index contributed by atoms with van der Waals surface area (Å²) in [6.45, 7) is 3.98. The molecule has 1 N–H and O–H groups in total. The third-order valence-electron chi connectivity index (χ3n) is 4.53. The molecule has 0 bridgehead atoms. The fourth-order valence-electron chi connectivity index (χ4n) is 2.93. The summed E-state index contributed by atoms with van der Waals surface area (Å²) in [5.74, 6) is -0.554. The van der Waals surface area contributed by atoms with Crippen LogP contribution in [0.5, 0.6) is 0 Å². The van der Waals surface area contributed by atoms with Gasteiger partial charge < -0.3 is 14.7 Å². The van der Waals surface area contributed by atoms with Gasteiger partial charge >= 0.3 is 0 Å². The Kier molecular flexibility index (Phi) is 6.39. The highest BCUT2D eigenvalue weighted by Gasteiger charge is 2.26. The number of amides is 2. The van der Waals surface area contributed by atoms with Crippen LogP contribution in [0.3, 0.4) is 0 Å². The van der Waals surface area contributed by atoms with E-state index in [1.807, 2.05) is 30.3 Å². The molecule has 0 saturated heterocycles. The van der Waals surface area contributed by atoms with Crippen LogP contribution in [0.2, 0.25) is 0 Å². The number of aryl methyl sites for hydroxylation is 1. The first-order valence-corrected chi connectivity index (χ1v) is 9.31. The Labute approximate surface area is 168 Å². The van der Waals surface area contributed by atoms with Crippen molar-refractivity contribution in [3.63, 3.8) is 0 Å². The summed E-state index contributed by atoms with van der Waals surface area (Å²) < 4.78 is 18.2. The number of carbonyl (C=O) groups is 2. The maximum atomic E-state index is 13.1. The molecule has 2 amide bonds. The lowest BCUT2D eigenvalue weighted by atomic mass is 10.1. The van der Waals surface area contributed by atoms with E-state index in [0.29, 0.717) is 23.6 Å². The minimum Gasteiger partial charge on any atom is -0.360 e. The van der Waals surface area contributed by atoms with Gasteiger partial charge in [0.2, 0.25) is 5.91 Å². The van der Waals surface area contributed by atoms with Gasteiger partial charge in [0.15, 0.2) is 0 Å². The van der Waals surface area contributed by atoms with E-state index in [0.717, 1.165) is 11.1 Å². The van der Waals surface area contributed by atoms with Crippen LogP contribution >= 0.6 is 0 Å². The van der Waals surface area contributed by atoms with E-state index in [9.17, 15) is 14.0 Å². The third kappa shape index (κ3) is 4.87. The van der Waals surface area contributed by atoms with Crippen LogP contribution in [0.15, 0.2) is 59.1 Å². The molecule has 29 heavy (non-hydrogen) atoms. The first-order valence-electron chi connectivity index (χ1n) is 9.31. The normalized spacial score (nSPS) is 10.6. The topological polar surface area (TPSA) is 75.4 Å². The summed E-state index contributed by atoms with van der Waals surface area (Å²) in [6.07, 6.45) is 0. The zero-order valence-electron chi connectivity index (χ0n) is 16.3. The molecule has 0 aliphatic rings. The van der Waals surface area contributed by atoms with E-state index in [1.54, 1.807) is 26.0 Å². The smallest absolute Gasteiger partial charge is 0.260 e. The monoisotopic (exact) mass is 395 g/mol. The van der Waals surface area contributed by atoms with Crippen molar-refractivity contribution < 1.29 is 18.5 Å². The van der Waals surface area contributed by atoms with Crippen LogP contribution in [0.4, 0.5) is 4.39 Å². The molecular weight excluding hydrogens is 373 g/mol. The van der Waals surface area contributed by atoms with Crippen molar-refractivity contribution in [3.8, 4) is 11.3 Å².